The van der Waals surface area contributed by atoms with Gasteiger partial charge in [0.05, 0.1) is 10.7 Å². The Bertz CT molecular complexity index is 1050. The lowest BCUT2D eigenvalue weighted by Gasteiger charge is -2.29. The van der Waals surface area contributed by atoms with E-state index in [1.54, 1.807) is 36.4 Å². The Morgan fingerprint density at radius 3 is 2.52 bits per heavy atom. The lowest BCUT2D eigenvalue weighted by atomic mass is 10.1. The van der Waals surface area contributed by atoms with E-state index in [-0.39, 0.29) is 16.2 Å². The molecule has 148 valence electrons. The molecule has 0 aromatic heterocycles. The summed E-state index contributed by atoms with van der Waals surface area (Å²) in [6.07, 6.45) is 3.41. The number of para-hydroxylation sites is 1. The number of rotatable bonds is 3. The Balaban J connectivity index is 1.69. The SMILES string of the molecule is O=C1NC(=S)N(c2ccccc2Cl)C(=O)/C1=C/c1ccc(N2CCCC2)cc1F. The molecule has 2 aliphatic rings. The molecular formula is C21H17ClFN3O2S. The fourth-order valence-electron chi connectivity index (χ4n) is 3.47. The molecule has 0 saturated carbocycles. The molecule has 2 aliphatic heterocycles. The molecule has 2 amide bonds. The zero-order valence-corrected chi connectivity index (χ0v) is 16.9. The first-order valence-electron chi connectivity index (χ1n) is 9.16. The Kier molecular flexibility index (Phi) is 5.34. The van der Waals surface area contributed by atoms with E-state index in [4.69, 9.17) is 23.8 Å². The van der Waals surface area contributed by atoms with Gasteiger partial charge in [0.1, 0.15) is 11.4 Å². The van der Waals surface area contributed by atoms with Crippen LogP contribution in [0, 0.1) is 5.82 Å². The molecule has 2 fully saturated rings. The van der Waals surface area contributed by atoms with Crippen LogP contribution in [0.3, 0.4) is 0 Å². The minimum atomic E-state index is -0.675. The van der Waals surface area contributed by atoms with Gasteiger partial charge in [-0.25, -0.2) is 4.39 Å². The predicted molar refractivity (Wildman–Crippen MR) is 116 cm³/mol. The van der Waals surface area contributed by atoms with E-state index in [1.165, 1.54) is 12.1 Å². The first-order chi connectivity index (χ1) is 14.0. The van der Waals surface area contributed by atoms with Gasteiger partial charge < -0.3 is 4.90 Å². The average molecular weight is 430 g/mol. The maximum Gasteiger partial charge on any atom is 0.270 e. The highest BCUT2D eigenvalue weighted by Crippen LogP contribution is 2.29. The Morgan fingerprint density at radius 1 is 1.10 bits per heavy atom. The number of amides is 2. The van der Waals surface area contributed by atoms with Crippen molar-refractivity contribution >= 4 is 58.2 Å². The molecule has 29 heavy (non-hydrogen) atoms. The molecule has 2 aromatic rings. The zero-order valence-electron chi connectivity index (χ0n) is 15.3. The molecule has 4 rings (SSSR count). The van der Waals surface area contributed by atoms with Crippen LogP contribution in [0.5, 0.6) is 0 Å². The number of nitrogens with zero attached hydrogens (tertiary/aromatic N) is 2. The van der Waals surface area contributed by atoms with E-state index in [0.717, 1.165) is 36.5 Å². The first kappa shape index (κ1) is 19.5. The molecule has 0 radical (unpaired) electrons. The summed E-state index contributed by atoms with van der Waals surface area (Å²) >= 11 is 11.3. The van der Waals surface area contributed by atoms with Crippen LogP contribution in [0.15, 0.2) is 48.0 Å². The van der Waals surface area contributed by atoms with Crippen molar-refractivity contribution in [2.24, 2.45) is 0 Å². The predicted octanol–water partition coefficient (Wildman–Crippen LogP) is 3.91. The van der Waals surface area contributed by atoms with Gasteiger partial charge in [0, 0.05) is 24.3 Å². The summed E-state index contributed by atoms with van der Waals surface area (Å²) in [7, 11) is 0. The van der Waals surface area contributed by atoms with Gasteiger partial charge in [-0.15, -0.1) is 0 Å². The third-order valence-corrected chi connectivity index (χ3v) is 5.55. The van der Waals surface area contributed by atoms with Gasteiger partial charge in [-0.3, -0.25) is 19.8 Å². The molecule has 0 atom stereocenters. The van der Waals surface area contributed by atoms with E-state index in [9.17, 15) is 14.0 Å². The number of carbonyl (C=O) groups is 2. The Morgan fingerprint density at radius 2 is 1.83 bits per heavy atom. The number of thiocarbonyl (C=S) groups is 1. The number of hydrogen-bond acceptors (Lipinski definition) is 4. The standard InChI is InChI=1S/C21H17ClFN3O2S/c22-16-5-1-2-6-18(16)26-20(28)15(19(27)24-21(26)29)11-13-7-8-14(12-17(13)23)25-9-3-4-10-25/h1-2,5-8,11-12H,3-4,9-10H2,(H,24,27,29)/b15-11+. The molecule has 0 bridgehead atoms. The number of anilines is 2. The van der Waals surface area contributed by atoms with Crippen LogP contribution in [-0.2, 0) is 9.59 Å². The number of carbonyl (C=O) groups excluding carboxylic acids is 2. The van der Waals surface area contributed by atoms with Crippen molar-refractivity contribution in [1.29, 1.82) is 0 Å². The average Bonchev–Trinajstić information content (AvgIpc) is 3.22. The number of nitrogens with one attached hydrogen (secondary N) is 1. The monoisotopic (exact) mass is 429 g/mol. The summed E-state index contributed by atoms with van der Waals surface area (Å²) < 4.78 is 14.7. The summed E-state index contributed by atoms with van der Waals surface area (Å²) in [6.45, 7) is 1.79. The quantitative estimate of drug-likeness (QED) is 0.456. The molecule has 2 aromatic carbocycles. The molecule has 0 spiro atoms. The van der Waals surface area contributed by atoms with Crippen molar-refractivity contribution in [2.75, 3.05) is 22.9 Å². The van der Waals surface area contributed by atoms with Crippen LogP contribution in [0.1, 0.15) is 18.4 Å². The van der Waals surface area contributed by atoms with Crippen molar-refractivity contribution in [2.45, 2.75) is 12.8 Å². The van der Waals surface area contributed by atoms with Crippen molar-refractivity contribution in [3.05, 3.63) is 64.4 Å². The Labute approximate surface area is 177 Å². The van der Waals surface area contributed by atoms with Crippen LogP contribution in [-0.4, -0.2) is 30.0 Å². The van der Waals surface area contributed by atoms with E-state index in [0.29, 0.717) is 10.7 Å². The molecule has 0 aliphatic carbocycles. The summed E-state index contributed by atoms with van der Waals surface area (Å²) in [5, 5.41) is 2.70. The van der Waals surface area contributed by atoms with Gasteiger partial charge in [0.15, 0.2) is 5.11 Å². The van der Waals surface area contributed by atoms with E-state index >= 15 is 0 Å². The first-order valence-corrected chi connectivity index (χ1v) is 9.95. The van der Waals surface area contributed by atoms with E-state index in [1.807, 2.05) is 0 Å². The van der Waals surface area contributed by atoms with Gasteiger partial charge >= 0.3 is 0 Å². The maximum atomic E-state index is 14.7. The lowest BCUT2D eigenvalue weighted by Crippen LogP contribution is -2.54. The molecule has 2 heterocycles. The number of benzene rings is 2. The molecule has 2 saturated heterocycles. The van der Waals surface area contributed by atoms with Crippen LogP contribution in [0.2, 0.25) is 5.02 Å². The topological polar surface area (TPSA) is 52.7 Å². The second kappa shape index (κ2) is 7.93. The highest BCUT2D eigenvalue weighted by Gasteiger charge is 2.35. The fourth-order valence-corrected chi connectivity index (χ4v) is 3.96. The van der Waals surface area contributed by atoms with Gasteiger partial charge in [-0.1, -0.05) is 23.7 Å². The maximum absolute atomic E-state index is 14.7. The molecule has 8 heteroatoms. The summed E-state index contributed by atoms with van der Waals surface area (Å²) in [5.74, 6) is -1.83. The summed E-state index contributed by atoms with van der Waals surface area (Å²) in [6, 6.07) is 11.4. The molecular weight excluding hydrogens is 413 g/mol. The van der Waals surface area contributed by atoms with Crippen LogP contribution >= 0.6 is 23.8 Å². The van der Waals surface area contributed by atoms with Crippen molar-refractivity contribution < 1.29 is 14.0 Å². The van der Waals surface area contributed by atoms with Crippen LogP contribution in [0.4, 0.5) is 15.8 Å². The third-order valence-electron chi connectivity index (χ3n) is 4.95. The minimum absolute atomic E-state index is 0.0740. The third kappa shape index (κ3) is 3.75. The van der Waals surface area contributed by atoms with Crippen LogP contribution in [0.25, 0.3) is 6.08 Å². The fraction of sp³-hybridized carbons (Fsp3) is 0.190. The summed E-state index contributed by atoms with van der Waals surface area (Å²) in [4.78, 5) is 28.6. The van der Waals surface area contributed by atoms with Gasteiger partial charge in [0.2, 0.25) is 0 Å². The Hall–Kier alpha value is -2.77. The molecule has 5 nitrogen and oxygen atoms in total. The molecule has 1 N–H and O–H groups in total. The van der Waals surface area contributed by atoms with E-state index < -0.39 is 17.6 Å². The van der Waals surface area contributed by atoms with Crippen molar-refractivity contribution in [3.63, 3.8) is 0 Å². The second-order valence-electron chi connectivity index (χ2n) is 6.81. The highest BCUT2D eigenvalue weighted by atomic mass is 35.5. The number of halogens is 2. The number of hydrogen-bond donors (Lipinski definition) is 1. The minimum Gasteiger partial charge on any atom is -0.371 e. The smallest absolute Gasteiger partial charge is 0.270 e. The largest absolute Gasteiger partial charge is 0.371 e. The van der Waals surface area contributed by atoms with Crippen molar-refractivity contribution in [3.8, 4) is 0 Å². The van der Waals surface area contributed by atoms with Gasteiger partial charge in [0.25, 0.3) is 11.8 Å². The van der Waals surface area contributed by atoms with E-state index in [2.05, 4.69) is 10.2 Å². The zero-order chi connectivity index (χ0) is 20.5. The van der Waals surface area contributed by atoms with Gasteiger partial charge in [-0.05, 0) is 61.5 Å². The lowest BCUT2D eigenvalue weighted by molar-refractivity contribution is -0.122. The highest BCUT2D eigenvalue weighted by molar-refractivity contribution is 7.80. The normalized spacial score (nSPS) is 18.6. The van der Waals surface area contributed by atoms with Gasteiger partial charge in [-0.2, -0.15) is 0 Å². The summed E-state index contributed by atoms with van der Waals surface area (Å²) in [5.41, 5.74) is 1.07. The molecule has 0 unspecified atom stereocenters. The second-order valence-corrected chi connectivity index (χ2v) is 7.60. The van der Waals surface area contributed by atoms with Crippen LogP contribution < -0.4 is 15.1 Å². The van der Waals surface area contributed by atoms with Crippen molar-refractivity contribution in [1.82, 2.24) is 5.32 Å².